The summed E-state index contributed by atoms with van der Waals surface area (Å²) in [5.41, 5.74) is 6.68. The summed E-state index contributed by atoms with van der Waals surface area (Å²) >= 11 is 0. The van der Waals surface area contributed by atoms with Gasteiger partial charge >= 0.3 is 0 Å². The molecule has 0 aromatic carbocycles. The summed E-state index contributed by atoms with van der Waals surface area (Å²) in [5.74, 6) is 4.75. The second-order valence-corrected chi connectivity index (χ2v) is 5.76. The third-order valence-corrected chi connectivity index (χ3v) is 4.90. The van der Waals surface area contributed by atoms with Gasteiger partial charge in [0.15, 0.2) is 5.82 Å². The van der Waals surface area contributed by atoms with Crippen molar-refractivity contribution >= 4 is 11.5 Å². The maximum absolute atomic E-state index is 5.91. The molecule has 3 saturated carbocycles. The van der Waals surface area contributed by atoms with Gasteiger partial charge in [0.25, 0.3) is 0 Å². The molecule has 0 aliphatic heterocycles. The van der Waals surface area contributed by atoms with Crippen LogP contribution in [0.15, 0.2) is 6.20 Å². The number of nitrogen functional groups attached to an aromatic ring is 1. The van der Waals surface area contributed by atoms with Crippen LogP contribution in [-0.2, 0) is 7.05 Å². The molecule has 1 heterocycles. The maximum Gasteiger partial charge on any atom is 0.171 e. The van der Waals surface area contributed by atoms with Gasteiger partial charge in [-0.1, -0.05) is 0 Å². The number of nitrogens with one attached hydrogen (secondary N) is 1. The summed E-state index contributed by atoms with van der Waals surface area (Å²) in [7, 11) is 1.92. The molecule has 4 nitrogen and oxygen atoms in total. The van der Waals surface area contributed by atoms with Crippen LogP contribution >= 0.6 is 0 Å². The zero-order valence-corrected chi connectivity index (χ0v) is 9.56. The van der Waals surface area contributed by atoms with E-state index in [4.69, 9.17) is 5.73 Å². The van der Waals surface area contributed by atoms with Crippen molar-refractivity contribution in [2.45, 2.75) is 25.3 Å². The van der Waals surface area contributed by atoms with Crippen LogP contribution in [0.3, 0.4) is 0 Å². The number of hydrogen-bond donors (Lipinski definition) is 2. The highest BCUT2D eigenvalue weighted by Gasteiger charge is 2.65. The van der Waals surface area contributed by atoms with Crippen LogP contribution in [0.4, 0.5) is 11.5 Å². The van der Waals surface area contributed by atoms with E-state index in [0.29, 0.717) is 6.04 Å². The van der Waals surface area contributed by atoms with E-state index in [9.17, 15) is 0 Å². The van der Waals surface area contributed by atoms with Crippen LogP contribution in [0.5, 0.6) is 0 Å². The quantitative estimate of drug-likeness (QED) is 0.790. The van der Waals surface area contributed by atoms with Crippen molar-refractivity contribution in [3.05, 3.63) is 6.20 Å². The third kappa shape index (κ3) is 1.02. The molecule has 0 spiro atoms. The van der Waals surface area contributed by atoms with E-state index in [-0.39, 0.29) is 0 Å². The summed E-state index contributed by atoms with van der Waals surface area (Å²) in [6.07, 6.45) is 6.28. The van der Waals surface area contributed by atoms with Gasteiger partial charge in [-0.3, -0.25) is 4.68 Å². The van der Waals surface area contributed by atoms with E-state index in [0.717, 1.165) is 35.2 Å². The van der Waals surface area contributed by atoms with Gasteiger partial charge in [0, 0.05) is 19.3 Å². The fourth-order valence-corrected chi connectivity index (χ4v) is 4.30. The Bertz CT molecular complexity index is 422. The lowest BCUT2D eigenvalue weighted by molar-refractivity contribution is 0.456. The molecular formula is C12H18N4. The molecule has 4 heteroatoms. The highest BCUT2D eigenvalue weighted by atomic mass is 15.3. The van der Waals surface area contributed by atoms with Gasteiger partial charge in [-0.05, 0) is 42.9 Å². The van der Waals surface area contributed by atoms with Crippen molar-refractivity contribution in [3.63, 3.8) is 0 Å². The summed E-state index contributed by atoms with van der Waals surface area (Å²) < 4.78 is 1.78. The molecule has 3 aliphatic rings. The zero-order chi connectivity index (χ0) is 10.9. The molecule has 0 saturated heterocycles. The molecule has 4 rings (SSSR count). The Morgan fingerprint density at radius 3 is 2.62 bits per heavy atom. The summed E-state index contributed by atoms with van der Waals surface area (Å²) in [5, 5.41) is 7.92. The number of anilines is 2. The number of rotatable bonds is 2. The molecule has 1 aromatic heterocycles. The summed E-state index contributed by atoms with van der Waals surface area (Å²) in [6, 6.07) is 0.670. The van der Waals surface area contributed by atoms with E-state index in [2.05, 4.69) is 10.4 Å². The fourth-order valence-electron chi connectivity index (χ4n) is 4.30. The number of fused-ring (bicyclic) bond motifs is 5. The van der Waals surface area contributed by atoms with Crippen molar-refractivity contribution in [1.82, 2.24) is 9.78 Å². The smallest absolute Gasteiger partial charge is 0.171 e. The van der Waals surface area contributed by atoms with Gasteiger partial charge < -0.3 is 11.1 Å². The average molecular weight is 218 g/mol. The molecular weight excluding hydrogens is 200 g/mol. The van der Waals surface area contributed by atoms with Crippen LogP contribution in [0.1, 0.15) is 19.3 Å². The number of nitrogens with two attached hydrogens (primary N) is 1. The predicted molar refractivity (Wildman–Crippen MR) is 62.8 cm³/mol. The normalized spacial score (nSPS) is 43.4. The fraction of sp³-hybridized carbons (Fsp3) is 0.750. The minimum Gasteiger partial charge on any atom is -0.394 e. The standard InChI is InChI=1S/C12H18N4/c1-16-5-8(13)12(15-16)14-11-9-6-2-3-7(4-6)10(9)11/h5-7,9-11H,2-4,13H2,1H3,(H,14,15). The first kappa shape index (κ1) is 8.90. The molecule has 0 radical (unpaired) electrons. The van der Waals surface area contributed by atoms with E-state index in [1.807, 2.05) is 13.2 Å². The van der Waals surface area contributed by atoms with Gasteiger partial charge in [-0.15, -0.1) is 0 Å². The molecule has 16 heavy (non-hydrogen) atoms. The lowest BCUT2D eigenvalue weighted by atomic mass is 10.0. The maximum atomic E-state index is 5.91. The van der Waals surface area contributed by atoms with E-state index in [1.54, 1.807) is 4.68 Å². The Morgan fingerprint density at radius 1 is 1.38 bits per heavy atom. The van der Waals surface area contributed by atoms with Crippen LogP contribution in [0.25, 0.3) is 0 Å². The molecule has 3 aliphatic carbocycles. The number of hydrogen-bond acceptors (Lipinski definition) is 3. The van der Waals surface area contributed by atoms with Gasteiger partial charge in [-0.25, -0.2) is 0 Å². The van der Waals surface area contributed by atoms with Gasteiger partial charge in [0.1, 0.15) is 0 Å². The Morgan fingerprint density at radius 2 is 2.06 bits per heavy atom. The van der Waals surface area contributed by atoms with E-state index < -0.39 is 0 Å². The minimum atomic E-state index is 0.670. The Balaban J connectivity index is 1.52. The highest BCUT2D eigenvalue weighted by molar-refractivity contribution is 5.61. The molecule has 3 fully saturated rings. The monoisotopic (exact) mass is 218 g/mol. The third-order valence-electron chi connectivity index (χ3n) is 4.90. The van der Waals surface area contributed by atoms with Crippen LogP contribution in [0.2, 0.25) is 0 Å². The van der Waals surface area contributed by atoms with Crippen molar-refractivity contribution in [2.24, 2.45) is 30.7 Å². The van der Waals surface area contributed by atoms with Crippen molar-refractivity contribution in [1.29, 1.82) is 0 Å². The van der Waals surface area contributed by atoms with E-state index >= 15 is 0 Å². The Hall–Kier alpha value is -1.19. The molecule has 3 N–H and O–H groups in total. The summed E-state index contributed by atoms with van der Waals surface area (Å²) in [4.78, 5) is 0. The van der Waals surface area contributed by atoms with Crippen LogP contribution in [-0.4, -0.2) is 15.8 Å². The summed E-state index contributed by atoms with van der Waals surface area (Å²) in [6.45, 7) is 0. The second kappa shape index (κ2) is 2.73. The van der Waals surface area contributed by atoms with Gasteiger partial charge in [0.2, 0.25) is 0 Å². The predicted octanol–water partition coefficient (Wildman–Crippen LogP) is 1.46. The molecule has 1 aromatic rings. The van der Waals surface area contributed by atoms with Crippen LogP contribution in [0, 0.1) is 23.7 Å². The molecule has 2 bridgehead atoms. The Kier molecular flexibility index (Phi) is 1.52. The minimum absolute atomic E-state index is 0.670. The number of aromatic nitrogens is 2. The van der Waals surface area contributed by atoms with Gasteiger partial charge in [0.05, 0.1) is 5.69 Å². The largest absolute Gasteiger partial charge is 0.394 e. The zero-order valence-electron chi connectivity index (χ0n) is 9.56. The van der Waals surface area contributed by atoms with E-state index in [1.165, 1.54) is 19.3 Å². The van der Waals surface area contributed by atoms with Crippen molar-refractivity contribution in [2.75, 3.05) is 11.1 Å². The first-order valence-electron chi connectivity index (χ1n) is 6.29. The SMILES string of the molecule is Cn1cc(N)c(NC2C3C4CCC(C4)C23)n1. The lowest BCUT2D eigenvalue weighted by Gasteiger charge is -2.10. The topological polar surface area (TPSA) is 55.9 Å². The molecule has 0 amide bonds. The average Bonchev–Trinajstić information content (AvgIpc) is 2.62. The van der Waals surface area contributed by atoms with Crippen molar-refractivity contribution in [3.8, 4) is 0 Å². The highest BCUT2D eigenvalue weighted by Crippen LogP contribution is 2.66. The first-order chi connectivity index (χ1) is 7.74. The molecule has 4 atom stereocenters. The second-order valence-electron chi connectivity index (χ2n) is 5.76. The molecule has 4 unspecified atom stereocenters. The Labute approximate surface area is 95.2 Å². The lowest BCUT2D eigenvalue weighted by Crippen LogP contribution is -2.14. The van der Waals surface area contributed by atoms with Crippen LogP contribution < -0.4 is 11.1 Å². The number of aryl methyl sites for hydroxylation is 1. The first-order valence-corrected chi connectivity index (χ1v) is 6.29. The van der Waals surface area contributed by atoms with Gasteiger partial charge in [-0.2, -0.15) is 5.10 Å². The van der Waals surface area contributed by atoms with Crippen molar-refractivity contribution < 1.29 is 0 Å². The number of nitrogens with zero attached hydrogens (tertiary/aromatic N) is 2. The molecule has 86 valence electrons.